The fourth-order valence-electron chi connectivity index (χ4n) is 4.19. The second-order valence-corrected chi connectivity index (χ2v) is 9.01. The number of urea groups is 1. The van der Waals surface area contributed by atoms with Gasteiger partial charge in [-0.05, 0) is 27.1 Å². The molecule has 0 fully saturated rings. The van der Waals surface area contributed by atoms with E-state index in [-0.39, 0.29) is 35.3 Å². The van der Waals surface area contributed by atoms with Crippen LogP contribution in [0, 0.1) is 11.6 Å². The first-order valence-corrected chi connectivity index (χ1v) is 10.8. The molecule has 3 heterocycles. The second-order valence-electron chi connectivity index (χ2n) is 8.61. The van der Waals surface area contributed by atoms with E-state index in [2.05, 4.69) is 10.4 Å². The van der Waals surface area contributed by atoms with Crippen molar-refractivity contribution in [2.75, 3.05) is 33.0 Å². The molecule has 3 amide bonds. The van der Waals surface area contributed by atoms with Crippen molar-refractivity contribution in [3.63, 3.8) is 0 Å². The normalized spacial score (nSPS) is 20.5. The number of hydrogen-bond acceptors (Lipinski definition) is 5. The number of nitrogens with zero attached hydrogens (tertiary/aromatic N) is 5. The lowest BCUT2D eigenvalue weighted by molar-refractivity contribution is -0.152. The highest BCUT2D eigenvalue weighted by Crippen LogP contribution is 2.30. The quantitative estimate of drug-likeness (QED) is 0.680. The van der Waals surface area contributed by atoms with Gasteiger partial charge in [0.15, 0.2) is 0 Å². The van der Waals surface area contributed by atoms with E-state index in [4.69, 9.17) is 16.4 Å². The van der Waals surface area contributed by atoms with Crippen molar-refractivity contribution in [2.45, 2.75) is 38.6 Å². The van der Waals surface area contributed by atoms with E-state index in [1.165, 1.54) is 9.96 Å². The van der Waals surface area contributed by atoms with Crippen LogP contribution < -0.4 is 5.32 Å². The Morgan fingerprint density at radius 3 is 2.76 bits per heavy atom. The number of amides is 3. The summed E-state index contributed by atoms with van der Waals surface area (Å²) < 4.78 is 29.2. The Balaban J connectivity index is 1.61. The molecular formula is C21H25ClF2N6O3. The zero-order chi connectivity index (χ0) is 24.0. The molecule has 0 saturated carbocycles. The Morgan fingerprint density at radius 2 is 2.06 bits per heavy atom. The fraction of sp³-hybridized carbons (Fsp3) is 0.476. The summed E-state index contributed by atoms with van der Waals surface area (Å²) in [7, 11) is 5.39. The third-order valence-corrected chi connectivity index (χ3v) is 6.03. The minimum absolute atomic E-state index is 0.103. The molecule has 0 spiro atoms. The Labute approximate surface area is 194 Å². The number of aromatic nitrogens is 2. The zero-order valence-electron chi connectivity index (χ0n) is 18.7. The maximum absolute atomic E-state index is 14.1. The molecule has 2 aromatic rings. The third-order valence-electron chi connectivity index (χ3n) is 5.74. The highest BCUT2D eigenvalue weighted by Gasteiger charge is 2.37. The van der Waals surface area contributed by atoms with Crippen LogP contribution in [0.4, 0.5) is 19.3 Å². The van der Waals surface area contributed by atoms with E-state index >= 15 is 0 Å². The first kappa shape index (κ1) is 23.4. The smallest absolute Gasteiger partial charge is 0.317 e. The van der Waals surface area contributed by atoms with Crippen molar-refractivity contribution in [1.82, 2.24) is 24.6 Å². The Kier molecular flexibility index (Phi) is 6.30. The Morgan fingerprint density at radius 1 is 1.33 bits per heavy atom. The number of carbonyl (C=O) groups excluding carboxylic acids is 2. The van der Waals surface area contributed by atoms with Crippen molar-refractivity contribution >= 4 is 29.2 Å². The van der Waals surface area contributed by atoms with E-state index in [0.29, 0.717) is 36.8 Å². The number of benzene rings is 1. The van der Waals surface area contributed by atoms with Gasteiger partial charge in [-0.3, -0.25) is 14.3 Å². The molecule has 1 aromatic heterocycles. The van der Waals surface area contributed by atoms with Gasteiger partial charge in [-0.25, -0.2) is 18.6 Å². The summed E-state index contributed by atoms with van der Waals surface area (Å²) >= 11 is 5.73. The molecule has 1 aromatic carbocycles. The van der Waals surface area contributed by atoms with Crippen molar-refractivity contribution in [1.29, 1.82) is 0 Å². The fourth-order valence-corrected chi connectivity index (χ4v) is 4.35. The van der Waals surface area contributed by atoms with Gasteiger partial charge in [0, 0.05) is 37.7 Å². The molecule has 9 nitrogen and oxygen atoms in total. The molecule has 0 radical (unpaired) electrons. The van der Waals surface area contributed by atoms with Crippen LogP contribution >= 0.6 is 11.6 Å². The van der Waals surface area contributed by atoms with Crippen LogP contribution in [0.5, 0.6) is 0 Å². The number of fused-ring (bicyclic) bond motifs is 3. The zero-order valence-corrected chi connectivity index (χ0v) is 19.5. The topological polar surface area (TPSA) is 82.9 Å². The molecule has 2 unspecified atom stereocenters. The summed E-state index contributed by atoms with van der Waals surface area (Å²) in [6.07, 6.45) is 0.144. The van der Waals surface area contributed by atoms with Gasteiger partial charge < -0.3 is 15.1 Å². The molecule has 2 atom stereocenters. The summed E-state index contributed by atoms with van der Waals surface area (Å²) in [5.74, 6) is -2.20. The molecule has 0 bridgehead atoms. The van der Waals surface area contributed by atoms with Gasteiger partial charge in [0.25, 0.3) is 5.91 Å². The highest BCUT2D eigenvalue weighted by molar-refractivity contribution is 6.31. The van der Waals surface area contributed by atoms with Crippen LogP contribution in [0.25, 0.3) is 0 Å². The largest absolute Gasteiger partial charge is 0.322 e. The number of hydrogen-bond donors (Lipinski definition) is 1. The number of carbonyl (C=O) groups is 2. The number of nitrogens with one attached hydrogen (secondary N) is 1. The van der Waals surface area contributed by atoms with Gasteiger partial charge >= 0.3 is 6.03 Å². The number of rotatable bonds is 3. The van der Waals surface area contributed by atoms with Crippen molar-refractivity contribution in [3.05, 3.63) is 45.7 Å². The van der Waals surface area contributed by atoms with E-state index in [1.807, 2.05) is 25.9 Å². The van der Waals surface area contributed by atoms with Gasteiger partial charge in [0.1, 0.15) is 23.4 Å². The van der Waals surface area contributed by atoms with E-state index in [0.717, 1.165) is 11.8 Å². The first-order chi connectivity index (χ1) is 15.5. The summed E-state index contributed by atoms with van der Waals surface area (Å²) in [5.41, 5.74) is 1.51. The minimum atomic E-state index is -0.934. The molecule has 4 rings (SSSR count). The van der Waals surface area contributed by atoms with Crippen LogP contribution in [-0.4, -0.2) is 76.4 Å². The standard InChI is InChI=1S/C21H25ClF2N6O3/c1-11-5-17-13(10-29(11)21(32)25-18-6-14(22)15(23)7-16(18)24)19-20(31)28(4)33-12(8-27(2)3)9-30(19)26-17/h6-7,11-12H,5,8-10H2,1-4H3,(H,25,32). The van der Waals surface area contributed by atoms with Gasteiger partial charge in [-0.15, -0.1) is 0 Å². The second kappa shape index (κ2) is 8.88. The average molecular weight is 483 g/mol. The molecule has 1 N–H and O–H groups in total. The first-order valence-electron chi connectivity index (χ1n) is 10.5. The van der Waals surface area contributed by atoms with Crippen LogP contribution in [0.15, 0.2) is 12.1 Å². The maximum Gasteiger partial charge on any atom is 0.322 e. The molecule has 2 aliphatic heterocycles. The monoisotopic (exact) mass is 482 g/mol. The summed E-state index contributed by atoms with van der Waals surface area (Å²) in [5, 5.41) is 8.00. The molecule has 12 heteroatoms. The van der Waals surface area contributed by atoms with Gasteiger partial charge in [-0.1, -0.05) is 11.6 Å². The van der Waals surface area contributed by atoms with Gasteiger partial charge in [-0.2, -0.15) is 5.10 Å². The Hall–Kier alpha value is -2.76. The molecule has 0 aliphatic carbocycles. The van der Waals surface area contributed by atoms with Gasteiger partial charge in [0.2, 0.25) is 0 Å². The predicted molar refractivity (Wildman–Crippen MR) is 117 cm³/mol. The minimum Gasteiger partial charge on any atom is -0.317 e. The maximum atomic E-state index is 14.1. The number of halogens is 3. The van der Waals surface area contributed by atoms with Gasteiger partial charge in [0.05, 0.1) is 29.5 Å². The number of anilines is 1. The highest BCUT2D eigenvalue weighted by atomic mass is 35.5. The third kappa shape index (κ3) is 4.53. The molecular weight excluding hydrogens is 458 g/mol. The van der Waals surface area contributed by atoms with E-state index in [9.17, 15) is 18.4 Å². The predicted octanol–water partition coefficient (Wildman–Crippen LogP) is 2.74. The summed E-state index contributed by atoms with van der Waals surface area (Å²) in [4.78, 5) is 35.3. The lowest BCUT2D eigenvalue weighted by Crippen LogP contribution is -2.45. The summed E-state index contributed by atoms with van der Waals surface area (Å²) in [6.45, 7) is 2.92. The molecule has 2 aliphatic rings. The molecule has 33 heavy (non-hydrogen) atoms. The van der Waals surface area contributed by atoms with Crippen LogP contribution in [0.3, 0.4) is 0 Å². The SMILES string of the molecule is CC1Cc2nn3c(c2CN1C(=O)Nc1cc(Cl)c(F)cc1F)C(=O)N(C)OC(CN(C)C)C3. The molecule has 0 saturated heterocycles. The lowest BCUT2D eigenvalue weighted by Gasteiger charge is -2.33. The van der Waals surface area contributed by atoms with Crippen LogP contribution in [0.2, 0.25) is 5.02 Å². The Bertz CT molecular complexity index is 1110. The van der Waals surface area contributed by atoms with Crippen molar-refractivity contribution in [2.24, 2.45) is 0 Å². The van der Waals surface area contributed by atoms with E-state index in [1.54, 1.807) is 11.7 Å². The van der Waals surface area contributed by atoms with Crippen LogP contribution in [-0.2, 0) is 24.3 Å². The average Bonchev–Trinajstić information content (AvgIpc) is 3.00. The van der Waals surface area contributed by atoms with Crippen molar-refractivity contribution in [3.8, 4) is 0 Å². The number of hydroxylamine groups is 2. The molecule has 178 valence electrons. The van der Waals surface area contributed by atoms with E-state index < -0.39 is 17.7 Å². The summed E-state index contributed by atoms with van der Waals surface area (Å²) in [6, 6.07) is 0.783. The van der Waals surface area contributed by atoms with Crippen molar-refractivity contribution < 1.29 is 23.2 Å². The van der Waals surface area contributed by atoms with Crippen LogP contribution in [0.1, 0.15) is 28.7 Å². The number of likely N-dealkylation sites (N-methyl/N-ethyl adjacent to an activating group) is 1. The lowest BCUT2D eigenvalue weighted by atomic mass is 9.99.